The Kier molecular flexibility index (Phi) is 4.76. The molecule has 2 aromatic rings. The van der Waals surface area contributed by atoms with Crippen LogP contribution in [0.5, 0.6) is 0 Å². The Morgan fingerprint density at radius 2 is 1.67 bits per heavy atom. The van der Waals surface area contributed by atoms with Crippen molar-refractivity contribution in [3.63, 3.8) is 0 Å². The highest BCUT2D eigenvalue weighted by Crippen LogP contribution is 2.36. The van der Waals surface area contributed by atoms with Crippen molar-refractivity contribution in [2.75, 3.05) is 6.54 Å². The lowest BCUT2D eigenvalue weighted by Crippen LogP contribution is -2.39. The fraction of sp³-hybridized carbons (Fsp3) is 0.368. The molecule has 1 aliphatic rings. The minimum absolute atomic E-state index is 0.0685. The number of ether oxygens (including phenoxy) is 1. The zero-order chi connectivity index (χ0) is 17.3. The van der Waals surface area contributed by atoms with Gasteiger partial charge in [0.15, 0.2) is 0 Å². The first kappa shape index (κ1) is 17.1. The van der Waals surface area contributed by atoms with E-state index < -0.39 is 16.3 Å². The lowest BCUT2D eigenvalue weighted by molar-refractivity contribution is -0.00833. The SMILES string of the molecule is Cc1ccc(S(=O)(=O)N2CC(c3ccccc3)O[C@H]2C(C)C)cc1. The van der Waals surface area contributed by atoms with Crippen LogP contribution in [0.1, 0.15) is 31.1 Å². The molecule has 0 saturated carbocycles. The van der Waals surface area contributed by atoms with Gasteiger partial charge in [-0.1, -0.05) is 61.9 Å². The molecule has 0 radical (unpaired) electrons. The van der Waals surface area contributed by atoms with Gasteiger partial charge in [0.05, 0.1) is 11.0 Å². The summed E-state index contributed by atoms with van der Waals surface area (Å²) in [5.41, 5.74) is 2.04. The number of hydrogen-bond acceptors (Lipinski definition) is 3. The molecule has 1 aliphatic heterocycles. The summed E-state index contributed by atoms with van der Waals surface area (Å²) < 4.78 is 33.8. The molecule has 128 valence electrons. The molecule has 0 spiro atoms. The Morgan fingerprint density at radius 3 is 2.25 bits per heavy atom. The molecule has 2 atom stereocenters. The first-order valence-corrected chi connectivity index (χ1v) is 9.62. The summed E-state index contributed by atoms with van der Waals surface area (Å²) in [4.78, 5) is 0.316. The van der Waals surface area contributed by atoms with Crippen LogP contribution in [0.4, 0.5) is 0 Å². The second kappa shape index (κ2) is 6.67. The highest BCUT2D eigenvalue weighted by atomic mass is 32.2. The van der Waals surface area contributed by atoms with Crippen molar-refractivity contribution in [3.05, 3.63) is 65.7 Å². The summed E-state index contributed by atoms with van der Waals surface area (Å²) in [6.45, 7) is 6.24. The van der Waals surface area contributed by atoms with Crippen LogP contribution in [0.25, 0.3) is 0 Å². The molecule has 1 heterocycles. The fourth-order valence-corrected chi connectivity index (χ4v) is 4.62. The highest BCUT2D eigenvalue weighted by Gasteiger charge is 2.42. The quantitative estimate of drug-likeness (QED) is 0.848. The second-order valence-corrected chi connectivity index (χ2v) is 8.45. The molecule has 0 aromatic heterocycles. The maximum absolute atomic E-state index is 13.1. The summed E-state index contributed by atoms with van der Waals surface area (Å²) in [5, 5.41) is 0. The van der Waals surface area contributed by atoms with E-state index >= 15 is 0 Å². The molecule has 0 N–H and O–H groups in total. The molecular weight excluding hydrogens is 322 g/mol. The highest BCUT2D eigenvalue weighted by molar-refractivity contribution is 7.89. The first-order chi connectivity index (χ1) is 11.4. The Labute approximate surface area is 144 Å². The lowest BCUT2D eigenvalue weighted by atomic mass is 10.1. The van der Waals surface area contributed by atoms with Crippen LogP contribution in [0.3, 0.4) is 0 Å². The fourth-order valence-electron chi connectivity index (χ4n) is 2.97. The molecule has 1 saturated heterocycles. The van der Waals surface area contributed by atoms with Crippen LogP contribution in [0.2, 0.25) is 0 Å². The molecule has 0 aliphatic carbocycles. The standard InChI is InChI=1S/C19H23NO3S/c1-14(2)19-20(13-18(23-19)16-7-5-4-6-8-16)24(21,22)17-11-9-15(3)10-12-17/h4-12,14,18-19H,13H2,1-3H3/t18?,19-/m0/s1. The van der Waals surface area contributed by atoms with Gasteiger partial charge in [-0.2, -0.15) is 4.31 Å². The molecule has 3 rings (SSSR count). The molecule has 0 bridgehead atoms. The van der Waals surface area contributed by atoms with E-state index in [1.165, 1.54) is 4.31 Å². The number of hydrogen-bond donors (Lipinski definition) is 0. The van der Waals surface area contributed by atoms with Gasteiger partial charge >= 0.3 is 0 Å². The van der Waals surface area contributed by atoms with Crippen LogP contribution in [-0.4, -0.2) is 25.5 Å². The monoisotopic (exact) mass is 345 g/mol. The van der Waals surface area contributed by atoms with Crippen molar-refractivity contribution in [3.8, 4) is 0 Å². The average Bonchev–Trinajstić information content (AvgIpc) is 3.02. The lowest BCUT2D eigenvalue weighted by Gasteiger charge is -2.25. The number of nitrogens with zero attached hydrogens (tertiary/aromatic N) is 1. The van der Waals surface area contributed by atoms with Gasteiger partial charge in [0, 0.05) is 6.54 Å². The van der Waals surface area contributed by atoms with E-state index in [0.29, 0.717) is 11.4 Å². The summed E-state index contributed by atoms with van der Waals surface area (Å²) in [6, 6.07) is 16.8. The zero-order valence-electron chi connectivity index (χ0n) is 14.2. The Hall–Kier alpha value is -1.69. The van der Waals surface area contributed by atoms with Crippen LogP contribution in [0.15, 0.2) is 59.5 Å². The first-order valence-electron chi connectivity index (χ1n) is 8.18. The summed E-state index contributed by atoms with van der Waals surface area (Å²) in [7, 11) is -3.58. The van der Waals surface area contributed by atoms with E-state index in [4.69, 9.17) is 4.74 Å². The number of sulfonamides is 1. The third-order valence-corrected chi connectivity index (χ3v) is 6.14. The minimum Gasteiger partial charge on any atom is -0.353 e. The van der Waals surface area contributed by atoms with Gasteiger partial charge in [0.2, 0.25) is 10.0 Å². The normalized spacial score (nSPS) is 22.2. The number of rotatable bonds is 4. The van der Waals surface area contributed by atoms with Crippen LogP contribution in [0, 0.1) is 12.8 Å². The van der Waals surface area contributed by atoms with Crippen LogP contribution < -0.4 is 0 Å². The topological polar surface area (TPSA) is 46.6 Å². The summed E-state index contributed by atoms with van der Waals surface area (Å²) >= 11 is 0. The Balaban J connectivity index is 1.94. The van der Waals surface area contributed by atoms with E-state index in [9.17, 15) is 8.42 Å². The molecule has 1 fully saturated rings. The molecule has 2 aromatic carbocycles. The van der Waals surface area contributed by atoms with Crippen molar-refractivity contribution in [2.45, 2.75) is 38.0 Å². The van der Waals surface area contributed by atoms with Crippen LogP contribution in [-0.2, 0) is 14.8 Å². The van der Waals surface area contributed by atoms with Crippen molar-refractivity contribution in [2.24, 2.45) is 5.92 Å². The van der Waals surface area contributed by atoms with Crippen molar-refractivity contribution < 1.29 is 13.2 Å². The largest absolute Gasteiger partial charge is 0.353 e. The molecular formula is C19H23NO3S. The molecule has 24 heavy (non-hydrogen) atoms. The van der Waals surface area contributed by atoms with Gasteiger partial charge in [0.1, 0.15) is 6.23 Å². The van der Waals surface area contributed by atoms with E-state index in [2.05, 4.69) is 0 Å². The van der Waals surface area contributed by atoms with Gasteiger partial charge < -0.3 is 4.74 Å². The molecule has 4 nitrogen and oxygen atoms in total. The van der Waals surface area contributed by atoms with Gasteiger partial charge in [-0.15, -0.1) is 0 Å². The maximum atomic E-state index is 13.1. The Morgan fingerprint density at radius 1 is 1.04 bits per heavy atom. The smallest absolute Gasteiger partial charge is 0.245 e. The third kappa shape index (κ3) is 3.24. The molecule has 5 heteroatoms. The molecule has 1 unspecified atom stereocenters. The zero-order valence-corrected chi connectivity index (χ0v) is 15.0. The van der Waals surface area contributed by atoms with Gasteiger partial charge in [-0.25, -0.2) is 8.42 Å². The average molecular weight is 345 g/mol. The van der Waals surface area contributed by atoms with Gasteiger partial charge in [-0.3, -0.25) is 0 Å². The summed E-state index contributed by atoms with van der Waals surface area (Å²) in [6.07, 6.45) is -0.694. The van der Waals surface area contributed by atoms with E-state index in [1.54, 1.807) is 12.1 Å². The van der Waals surface area contributed by atoms with E-state index in [0.717, 1.165) is 11.1 Å². The van der Waals surface area contributed by atoms with Crippen molar-refractivity contribution in [1.82, 2.24) is 4.31 Å². The number of benzene rings is 2. The maximum Gasteiger partial charge on any atom is 0.245 e. The Bertz CT molecular complexity index is 785. The predicted octanol–water partition coefficient (Wildman–Crippen LogP) is 3.74. The van der Waals surface area contributed by atoms with Crippen molar-refractivity contribution in [1.29, 1.82) is 0 Å². The third-order valence-electron chi connectivity index (χ3n) is 4.30. The molecule has 0 amide bonds. The predicted molar refractivity (Wildman–Crippen MR) is 94.0 cm³/mol. The van der Waals surface area contributed by atoms with Crippen molar-refractivity contribution >= 4 is 10.0 Å². The van der Waals surface area contributed by atoms with E-state index in [-0.39, 0.29) is 12.0 Å². The summed E-state index contributed by atoms with van der Waals surface area (Å²) in [5.74, 6) is 0.0685. The van der Waals surface area contributed by atoms with Gasteiger partial charge in [0.25, 0.3) is 0 Å². The minimum atomic E-state index is -3.58. The number of aryl methyl sites for hydroxylation is 1. The van der Waals surface area contributed by atoms with Gasteiger partial charge in [-0.05, 0) is 30.5 Å². The van der Waals surface area contributed by atoms with E-state index in [1.807, 2.05) is 63.2 Å². The second-order valence-electron chi connectivity index (χ2n) is 6.56. The van der Waals surface area contributed by atoms with Crippen LogP contribution >= 0.6 is 0 Å².